The zero-order valence-corrected chi connectivity index (χ0v) is 24.3. The molecule has 0 saturated carbocycles. The van der Waals surface area contributed by atoms with Gasteiger partial charge in [0.15, 0.2) is 11.8 Å². The summed E-state index contributed by atoms with van der Waals surface area (Å²) in [6, 6.07) is 6.11. The molecule has 11 nitrogen and oxygen atoms in total. The largest absolute Gasteiger partial charge is 0.476 e. The summed E-state index contributed by atoms with van der Waals surface area (Å²) in [4.78, 5) is 69.2. The molecule has 0 saturated heterocycles. The molecule has 1 aromatic heterocycles. The number of imide groups is 1. The van der Waals surface area contributed by atoms with Crippen molar-refractivity contribution in [2.24, 2.45) is 5.92 Å². The van der Waals surface area contributed by atoms with Crippen LogP contribution in [0.15, 0.2) is 29.6 Å². The van der Waals surface area contributed by atoms with E-state index in [1.807, 2.05) is 13.8 Å². The summed E-state index contributed by atoms with van der Waals surface area (Å²) in [6.45, 7) is 10.5. The minimum absolute atomic E-state index is 0.0955. The number of amides is 3. The maximum atomic E-state index is 13.4. The topological polar surface area (TPSA) is 143 Å². The van der Waals surface area contributed by atoms with Gasteiger partial charge in [-0.05, 0) is 45.2 Å². The van der Waals surface area contributed by atoms with Crippen LogP contribution >= 0.6 is 11.3 Å². The van der Waals surface area contributed by atoms with Crippen molar-refractivity contribution in [2.75, 3.05) is 13.1 Å². The van der Waals surface area contributed by atoms with Crippen molar-refractivity contribution in [1.29, 1.82) is 0 Å². The molecule has 0 radical (unpaired) electrons. The summed E-state index contributed by atoms with van der Waals surface area (Å²) in [5.74, 6) is -2.67. The number of hydrogen-bond acceptors (Lipinski definition) is 9. The van der Waals surface area contributed by atoms with Crippen LogP contribution in [-0.4, -0.2) is 74.5 Å². The van der Waals surface area contributed by atoms with Crippen molar-refractivity contribution in [1.82, 2.24) is 14.8 Å². The fraction of sp³-hybridized carbons (Fsp3) is 0.500. The van der Waals surface area contributed by atoms with Gasteiger partial charge in [-0.3, -0.25) is 19.3 Å². The van der Waals surface area contributed by atoms with Crippen LogP contribution in [-0.2, 0) is 14.3 Å². The van der Waals surface area contributed by atoms with Gasteiger partial charge in [-0.25, -0.2) is 14.6 Å². The van der Waals surface area contributed by atoms with Crippen molar-refractivity contribution in [3.05, 3.63) is 51.5 Å². The molecular weight excluding hydrogens is 538 g/mol. The maximum Gasteiger partial charge on any atom is 0.410 e. The quantitative estimate of drug-likeness (QED) is 0.296. The van der Waals surface area contributed by atoms with Crippen molar-refractivity contribution < 1.29 is 38.6 Å². The Hall–Kier alpha value is -3.80. The standard InChI is InChI=1S/C28H35N3O8S/c1-16(2)21(14-22(38-17(3)32)23-29-20(15-40-23)26(35)36)30(27(37)39-28(4,5)6)12-9-13-31-24(33)18-10-7-8-11-19(18)25(31)34/h7-8,10-11,15-16,21-22H,9,12-14H2,1-6H3,(H,35,36)/t21-,22-/m1/s1. The number of fused-ring (bicyclic) bond motifs is 1. The zero-order valence-electron chi connectivity index (χ0n) is 23.5. The lowest BCUT2D eigenvalue weighted by atomic mass is 9.96. The second-order valence-corrected chi connectivity index (χ2v) is 11.7. The number of hydrogen-bond donors (Lipinski definition) is 1. The molecule has 1 N–H and O–H groups in total. The van der Waals surface area contributed by atoms with Crippen LogP contribution in [0.4, 0.5) is 4.79 Å². The van der Waals surface area contributed by atoms with Gasteiger partial charge in [0.2, 0.25) is 0 Å². The number of benzene rings is 1. The van der Waals surface area contributed by atoms with Crippen LogP contribution in [0.2, 0.25) is 0 Å². The van der Waals surface area contributed by atoms with Gasteiger partial charge in [0.25, 0.3) is 11.8 Å². The second kappa shape index (κ2) is 12.6. The zero-order chi connectivity index (χ0) is 29.8. The van der Waals surface area contributed by atoms with Gasteiger partial charge in [-0.2, -0.15) is 0 Å². The van der Waals surface area contributed by atoms with E-state index in [4.69, 9.17) is 9.47 Å². The average Bonchev–Trinajstić information content (AvgIpc) is 3.43. The smallest absolute Gasteiger partial charge is 0.410 e. The van der Waals surface area contributed by atoms with E-state index in [2.05, 4.69) is 4.98 Å². The molecule has 0 fully saturated rings. The number of ether oxygens (including phenoxy) is 2. The van der Waals surface area contributed by atoms with Crippen LogP contribution < -0.4 is 0 Å². The Labute approximate surface area is 237 Å². The number of aromatic carboxylic acids is 1. The number of aromatic nitrogens is 1. The predicted molar refractivity (Wildman–Crippen MR) is 146 cm³/mol. The first-order chi connectivity index (χ1) is 18.7. The molecule has 1 aliphatic rings. The fourth-order valence-corrected chi connectivity index (χ4v) is 5.30. The number of esters is 1. The molecule has 12 heteroatoms. The number of nitrogens with zero attached hydrogens (tertiary/aromatic N) is 3. The predicted octanol–water partition coefficient (Wildman–Crippen LogP) is 4.78. The molecule has 40 heavy (non-hydrogen) atoms. The van der Waals surface area contributed by atoms with Crippen LogP contribution in [0.25, 0.3) is 0 Å². The van der Waals surface area contributed by atoms with E-state index in [0.717, 1.165) is 11.3 Å². The van der Waals surface area contributed by atoms with Crippen LogP contribution in [0, 0.1) is 5.92 Å². The Kier molecular flexibility index (Phi) is 9.67. The lowest BCUT2D eigenvalue weighted by Gasteiger charge is -2.37. The fourth-order valence-electron chi connectivity index (χ4n) is 4.47. The normalized spacial score (nSPS) is 14.6. The van der Waals surface area contributed by atoms with Gasteiger partial charge in [-0.1, -0.05) is 26.0 Å². The monoisotopic (exact) mass is 573 g/mol. The first-order valence-electron chi connectivity index (χ1n) is 13.0. The third kappa shape index (κ3) is 7.44. The molecule has 216 valence electrons. The molecule has 0 spiro atoms. The molecule has 2 heterocycles. The molecule has 2 aromatic rings. The van der Waals surface area contributed by atoms with Crippen molar-refractivity contribution in [2.45, 2.75) is 72.1 Å². The van der Waals surface area contributed by atoms with Gasteiger partial charge in [0.05, 0.1) is 11.1 Å². The molecule has 3 amide bonds. The third-order valence-corrected chi connectivity index (χ3v) is 7.17. The average molecular weight is 574 g/mol. The Morgan fingerprint density at radius 1 is 1.10 bits per heavy atom. The number of carbonyl (C=O) groups is 5. The van der Waals surface area contributed by atoms with E-state index >= 15 is 0 Å². The molecule has 2 atom stereocenters. The van der Waals surface area contributed by atoms with E-state index in [9.17, 15) is 29.1 Å². The highest BCUT2D eigenvalue weighted by atomic mass is 32.1. The molecule has 0 unspecified atom stereocenters. The van der Waals surface area contributed by atoms with E-state index in [-0.39, 0.29) is 49.4 Å². The summed E-state index contributed by atoms with van der Waals surface area (Å²) in [6.07, 6.45) is -1.08. The third-order valence-electron chi connectivity index (χ3n) is 6.24. The van der Waals surface area contributed by atoms with E-state index in [1.54, 1.807) is 45.0 Å². The number of rotatable bonds is 11. The minimum Gasteiger partial charge on any atom is -0.476 e. The van der Waals surface area contributed by atoms with Gasteiger partial charge in [0.1, 0.15) is 10.6 Å². The summed E-state index contributed by atoms with van der Waals surface area (Å²) in [5.41, 5.74) is -0.251. The van der Waals surface area contributed by atoms with Crippen molar-refractivity contribution in [3.63, 3.8) is 0 Å². The van der Waals surface area contributed by atoms with Gasteiger partial charge < -0.3 is 19.5 Å². The van der Waals surface area contributed by atoms with Crippen molar-refractivity contribution in [3.8, 4) is 0 Å². The molecular formula is C28H35N3O8S. The highest BCUT2D eigenvalue weighted by molar-refractivity contribution is 7.09. The minimum atomic E-state index is -1.20. The first-order valence-corrected chi connectivity index (χ1v) is 13.9. The number of thiazole rings is 1. The summed E-state index contributed by atoms with van der Waals surface area (Å²) in [7, 11) is 0. The second-order valence-electron chi connectivity index (χ2n) is 10.9. The number of carboxylic acid groups (broad SMARTS) is 1. The van der Waals surface area contributed by atoms with Crippen LogP contribution in [0.1, 0.15) is 96.7 Å². The van der Waals surface area contributed by atoms with Crippen LogP contribution in [0.3, 0.4) is 0 Å². The highest BCUT2D eigenvalue weighted by Gasteiger charge is 2.37. The van der Waals surface area contributed by atoms with Gasteiger partial charge >= 0.3 is 18.0 Å². The number of carbonyl (C=O) groups excluding carboxylic acids is 4. The number of carboxylic acids is 1. The van der Waals surface area contributed by atoms with E-state index in [1.165, 1.54) is 22.1 Å². The molecule has 0 bridgehead atoms. The van der Waals surface area contributed by atoms with E-state index in [0.29, 0.717) is 16.1 Å². The van der Waals surface area contributed by atoms with Gasteiger partial charge in [-0.15, -0.1) is 11.3 Å². The molecule has 1 aromatic carbocycles. The van der Waals surface area contributed by atoms with E-state index < -0.39 is 35.8 Å². The summed E-state index contributed by atoms with van der Waals surface area (Å²) in [5, 5.41) is 11.0. The Morgan fingerprint density at radius 3 is 2.17 bits per heavy atom. The maximum absolute atomic E-state index is 13.4. The summed E-state index contributed by atoms with van der Waals surface area (Å²) < 4.78 is 11.2. The Bertz CT molecular complexity index is 1250. The first kappa shape index (κ1) is 30.7. The Balaban J connectivity index is 1.84. The molecule has 1 aliphatic heterocycles. The van der Waals surface area contributed by atoms with Crippen molar-refractivity contribution >= 4 is 41.2 Å². The lowest BCUT2D eigenvalue weighted by Crippen LogP contribution is -2.47. The SMILES string of the molecule is CC(=O)O[C@H](C[C@H](C(C)C)N(CCCN1C(=O)c2ccccc2C1=O)C(=O)OC(C)(C)C)c1nc(C(=O)O)cs1. The summed E-state index contributed by atoms with van der Waals surface area (Å²) >= 11 is 1.06. The highest BCUT2D eigenvalue weighted by Crippen LogP contribution is 2.32. The lowest BCUT2D eigenvalue weighted by molar-refractivity contribution is -0.148. The molecule has 0 aliphatic carbocycles. The Morgan fingerprint density at radius 2 is 1.70 bits per heavy atom. The molecule has 3 rings (SSSR count). The van der Waals surface area contributed by atoms with Gasteiger partial charge in [0, 0.05) is 37.9 Å². The van der Waals surface area contributed by atoms with Crippen LogP contribution in [0.5, 0.6) is 0 Å².